The van der Waals surface area contributed by atoms with Crippen molar-refractivity contribution in [3.63, 3.8) is 0 Å². The number of aromatic nitrogens is 3. The number of anilines is 1. The highest BCUT2D eigenvalue weighted by Crippen LogP contribution is 2.39. The average molecular weight is 256 g/mol. The number of nitrogen functional groups attached to an aromatic ring is 1. The zero-order valence-corrected chi connectivity index (χ0v) is 10.6. The second-order valence-electron chi connectivity index (χ2n) is 4.73. The molecule has 5 heteroatoms. The lowest BCUT2D eigenvalue weighted by Crippen LogP contribution is -2.37. The minimum absolute atomic E-state index is 0.212. The van der Waals surface area contributed by atoms with Crippen molar-refractivity contribution in [2.24, 2.45) is 0 Å². The Hall–Kier alpha value is -2.01. The fourth-order valence-electron chi connectivity index (χ4n) is 2.66. The Bertz CT molecular complexity index is 552. The van der Waals surface area contributed by atoms with E-state index in [9.17, 15) is 0 Å². The van der Waals surface area contributed by atoms with Crippen LogP contribution in [0.5, 0.6) is 0 Å². The molecule has 98 valence electrons. The first kappa shape index (κ1) is 12.0. The van der Waals surface area contributed by atoms with E-state index >= 15 is 0 Å². The lowest BCUT2D eigenvalue weighted by molar-refractivity contribution is 0.0604. The highest BCUT2D eigenvalue weighted by Gasteiger charge is 2.39. The fourth-order valence-corrected chi connectivity index (χ4v) is 2.66. The summed E-state index contributed by atoms with van der Waals surface area (Å²) in [5.74, 6) is 1.02. The summed E-state index contributed by atoms with van der Waals surface area (Å²) in [5.41, 5.74) is 6.71. The van der Waals surface area contributed by atoms with Crippen LogP contribution in [0, 0.1) is 0 Å². The van der Waals surface area contributed by atoms with Crippen LogP contribution in [-0.4, -0.2) is 28.2 Å². The van der Waals surface area contributed by atoms with Gasteiger partial charge in [-0.15, -0.1) is 0 Å². The van der Waals surface area contributed by atoms with Gasteiger partial charge in [-0.2, -0.15) is 4.98 Å². The van der Waals surface area contributed by atoms with Gasteiger partial charge in [0.1, 0.15) is 12.2 Å². The van der Waals surface area contributed by atoms with Crippen molar-refractivity contribution in [3.05, 3.63) is 48.0 Å². The molecule has 0 amide bonds. The first-order valence-corrected chi connectivity index (χ1v) is 6.39. The molecule has 1 fully saturated rings. The van der Waals surface area contributed by atoms with E-state index in [1.54, 1.807) is 0 Å². The summed E-state index contributed by atoms with van der Waals surface area (Å²) in [5, 5.41) is 0. The molecule has 0 atom stereocenters. The third kappa shape index (κ3) is 2.17. The van der Waals surface area contributed by atoms with Crippen molar-refractivity contribution in [3.8, 4) is 0 Å². The maximum Gasteiger partial charge on any atom is 0.223 e. The molecule has 1 aromatic heterocycles. The maximum atomic E-state index is 5.71. The molecule has 0 saturated carbocycles. The zero-order valence-electron chi connectivity index (χ0n) is 10.6. The number of benzene rings is 1. The van der Waals surface area contributed by atoms with Crippen LogP contribution in [0.3, 0.4) is 0 Å². The molecular formula is C14H16N4O. The lowest BCUT2D eigenvalue weighted by atomic mass is 9.73. The molecule has 0 bridgehead atoms. The number of hydrogen-bond donors (Lipinski definition) is 1. The highest BCUT2D eigenvalue weighted by molar-refractivity contribution is 5.34. The van der Waals surface area contributed by atoms with Gasteiger partial charge in [-0.25, -0.2) is 9.97 Å². The Morgan fingerprint density at radius 1 is 1.05 bits per heavy atom. The summed E-state index contributed by atoms with van der Waals surface area (Å²) in [6.07, 6.45) is 3.21. The van der Waals surface area contributed by atoms with Gasteiger partial charge in [0, 0.05) is 13.2 Å². The van der Waals surface area contributed by atoms with E-state index in [0.29, 0.717) is 13.2 Å². The molecule has 19 heavy (non-hydrogen) atoms. The molecule has 5 nitrogen and oxygen atoms in total. The first-order valence-electron chi connectivity index (χ1n) is 6.39. The minimum atomic E-state index is -0.212. The van der Waals surface area contributed by atoms with Crippen molar-refractivity contribution in [1.82, 2.24) is 15.0 Å². The van der Waals surface area contributed by atoms with Gasteiger partial charge in [-0.05, 0) is 18.4 Å². The minimum Gasteiger partial charge on any atom is -0.381 e. The molecule has 0 aliphatic carbocycles. The van der Waals surface area contributed by atoms with E-state index in [2.05, 4.69) is 27.1 Å². The Labute approximate surface area is 111 Å². The number of nitrogens with two attached hydrogens (primary N) is 1. The Morgan fingerprint density at radius 3 is 2.47 bits per heavy atom. The van der Waals surface area contributed by atoms with Crippen LogP contribution in [0.15, 0.2) is 36.7 Å². The van der Waals surface area contributed by atoms with Crippen LogP contribution in [0.1, 0.15) is 24.2 Å². The van der Waals surface area contributed by atoms with Gasteiger partial charge >= 0.3 is 0 Å². The van der Waals surface area contributed by atoms with Crippen LogP contribution in [-0.2, 0) is 10.2 Å². The van der Waals surface area contributed by atoms with E-state index in [0.717, 1.165) is 18.7 Å². The standard InChI is InChI=1S/C14H16N4O/c15-13-17-10-16-12(18-13)14(6-8-19-9-7-14)11-4-2-1-3-5-11/h1-5,10H,6-9H2,(H2,15,16,17,18). The van der Waals surface area contributed by atoms with Gasteiger partial charge in [0.05, 0.1) is 5.41 Å². The normalized spacial score (nSPS) is 18.1. The van der Waals surface area contributed by atoms with Crippen molar-refractivity contribution in [2.45, 2.75) is 18.3 Å². The molecule has 2 aromatic rings. The van der Waals surface area contributed by atoms with Gasteiger partial charge in [0.2, 0.25) is 5.95 Å². The number of rotatable bonds is 2. The van der Waals surface area contributed by atoms with Crippen LogP contribution >= 0.6 is 0 Å². The van der Waals surface area contributed by atoms with E-state index in [4.69, 9.17) is 10.5 Å². The molecule has 0 spiro atoms. The summed E-state index contributed by atoms with van der Waals surface area (Å²) in [6, 6.07) is 10.3. The molecular weight excluding hydrogens is 240 g/mol. The third-order valence-corrected chi connectivity index (χ3v) is 3.69. The predicted molar refractivity (Wildman–Crippen MR) is 71.5 cm³/mol. The Balaban J connectivity index is 2.12. The molecule has 0 radical (unpaired) electrons. The summed E-state index contributed by atoms with van der Waals surface area (Å²) in [4.78, 5) is 12.6. The van der Waals surface area contributed by atoms with Gasteiger partial charge in [0.25, 0.3) is 0 Å². The van der Waals surface area contributed by atoms with Crippen molar-refractivity contribution < 1.29 is 4.74 Å². The van der Waals surface area contributed by atoms with Gasteiger partial charge in [-0.3, -0.25) is 0 Å². The highest BCUT2D eigenvalue weighted by atomic mass is 16.5. The molecule has 2 heterocycles. The largest absolute Gasteiger partial charge is 0.381 e. The summed E-state index contributed by atoms with van der Waals surface area (Å²) in [7, 11) is 0. The Kier molecular flexibility index (Phi) is 3.13. The average Bonchev–Trinajstić information content (AvgIpc) is 2.49. The zero-order chi connectivity index (χ0) is 13.1. The van der Waals surface area contributed by atoms with E-state index in [1.807, 2.05) is 18.2 Å². The quantitative estimate of drug-likeness (QED) is 0.882. The van der Waals surface area contributed by atoms with Gasteiger partial charge in [0.15, 0.2) is 0 Å². The fraction of sp³-hybridized carbons (Fsp3) is 0.357. The number of hydrogen-bond acceptors (Lipinski definition) is 5. The number of nitrogens with zero attached hydrogens (tertiary/aromatic N) is 3. The van der Waals surface area contributed by atoms with Crippen LogP contribution in [0.25, 0.3) is 0 Å². The SMILES string of the molecule is Nc1ncnc(C2(c3ccccc3)CCOCC2)n1. The number of ether oxygens (including phenoxy) is 1. The van der Waals surface area contributed by atoms with Crippen LogP contribution in [0.2, 0.25) is 0 Å². The third-order valence-electron chi connectivity index (χ3n) is 3.69. The molecule has 1 saturated heterocycles. The lowest BCUT2D eigenvalue weighted by Gasteiger charge is -2.36. The molecule has 0 unspecified atom stereocenters. The monoisotopic (exact) mass is 256 g/mol. The topological polar surface area (TPSA) is 73.9 Å². The van der Waals surface area contributed by atoms with E-state index in [1.165, 1.54) is 11.9 Å². The second kappa shape index (κ2) is 4.93. The molecule has 1 aliphatic rings. The summed E-state index contributed by atoms with van der Waals surface area (Å²) in [6.45, 7) is 1.42. The summed E-state index contributed by atoms with van der Waals surface area (Å²) < 4.78 is 5.50. The molecule has 1 aliphatic heterocycles. The van der Waals surface area contributed by atoms with Crippen molar-refractivity contribution >= 4 is 5.95 Å². The van der Waals surface area contributed by atoms with Crippen molar-refractivity contribution in [1.29, 1.82) is 0 Å². The Morgan fingerprint density at radius 2 is 1.79 bits per heavy atom. The maximum absolute atomic E-state index is 5.71. The molecule has 3 rings (SSSR count). The predicted octanol–water partition coefficient (Wildman–Crippen LogP) is 1.55. The van der Waals surface area contributed by atoms with Crippen LogP contribution in [0.4, 0.5) is 5.95 Å². The smallest absolute Gasteiger partial charge is 0.223 e. The molecule has 2 N–H and O–H groups in total. The van der Waals surface area contributed by atoms with E-state index in [-0.39, 0.29) is 11.4 Å². The summed E-state index contributed by atoms with van der Waals surface area (Å²) >= 11 is 0. The van der Waals surface area contributed by atoms with Crippen molar-refractivity contribution in [2.75, 3.05) is 18.9 Å². The van der Waals surface area contributed by atoms with Crippen LogP contribution < -0.4 is 5.73 Å². The van der Waals surface area contributed by atoms with Gasteiger partial charge in [-0.1, -0.05) is 30.3 Å². The first-order chi connectivity index (χ1) is 9.31. The van der Waals surface area contributed by atoms with Gasteiger partial charge < -0.3 is 10.5 Å². The molecule has 1 aromatic carbocycles. The second-order valence-corrected chi connectivity index (χ2v) is 4.73. The van der Waals surface area contributed by atoms with E-state index < -0.39 is 0 Å².